The van der Waals surface area contributed by atoms with Gasteiger partial charge in [-0.2, -0.15) is 0 Å². The maximum Gasteiger partial charge on any atom is 0.412 e. The molecule has 2 aromatic rings. The molecule has 0 unspecified atom stereocenters. The molecule has 1 N–H and O–H groups in total. The first-order chi connectivity index (χ1) is 15.7. The van der Waals surface area contributed by atoms with E-state index in [0.29, 0.717) is 13.0 Å². The van der Waals surface area contributed by atoms with E-state index in [4.69, 9.17) is 9.47 Å². The molecule has 1 saturated heterocycles. The Hall–Kier alpha value is -2.41. The SMILES string of the molecule is CC1(C)COC(C)(C)N1C(=O)OC[C@H](CCCO)N(Cc1ccccc1)Cc1ccccc1. The molecule has 180 valence electrons. The van der Waals surface area contributed by atoms with Crippen LogP contribution in [0.4, 0.5) is 4.79 Å². The number of carbonyl (C=O) groups is 1. The highest BCUT2D eigenvalue weighted by atomic mass is 16.6. The Labute approximate surface area is 198 Å². The van der Waals surface area contributed by atoms with Gasteiger partial charge in [-0.05, 0) is 51.7 Å². The number of carbonyl (C=O) groups excluding carboxylic acids is 1. The second kappa shape index (κ2) is 11.1. The van der Waals surface area contributed by atoms with E-state index < -0.39 is 11.3 Å². The van der Waals surface area contributed by atoms with Gasteiger partial charge in [-0.15, -0.1) is 0 Å². The van der Waals surface area contributed by atoms with E-state index >= 15 is 0 Å². The summed E-state index contributed by atoms with van der Waals surface area (Å²) in [6.45, 7) is 10.0. The first-order valence-corrected chi connectivity index (χ1v) is 11.8. The molecule has 0 aromatic heterocycles. The molecule has 1 atom stereocenters. The molecule has 33 heavy (non-hydrogen) atoms. The van der Waals surface area contributed by atoms with E-state index in [-0.39, 0.29) is 25.3 Å². The predicted octanol–water partition coefficient (Wildman–Crippen LogP) is 4.81. The van der Waals surface area contributed by atoms with E-state index in [9.17, 15) is 9.90 Å². The van der Waals surface area contributed by atoms with Crippen LogP contribution in [0.5, 0.6) is 0 Å². The summed E-state index contributed by atoms with van der Waals surface area (Å²) in [5, 5.41) is 9.51. The maximum atomic E-state index is 13.1. The Morgan fingerprint density at radius 2 is 1.58 bits per heavy atom. The first kappa shape index (κ1) is 25.2. The fraction of sp³-hybridized carbons (Fsp3) is 0.519. The van der Waals surface area contributed by atoms with Crippen molar-refractivity contribution in [3.05, 3.63) is 71.8 Å². The van der Waals surface area contributed by atoms with Gasteiger partial charge >= 0.3 is 6.09 Å². The zero-order valence-corrected chi connectivity index (χ0v) is 20.4. The smallest absolute Gasteiger partial charge is 0.412 e. The maximum absolute atomic E-state index is 13.1. The average molecular weight is 455 g/mol. The van der Waals surface area contributed by atoms with Crippen LogP contribution < -0.4 is 0 Å². The highest BCUT2D eigenvalue weighted by Crippen LogP contribution is 2.35. The van der Waals surface area contributed by atoms with Gasteiger partial charge in [0, 0.05) is 25.7 Å². The lowest BCUT2D eigenvalue weighted by Gasteiger charge is -2.38. The summed E-state index contributed by atoms with van der Waals surface area (Å²) in [4.78, 5) is 17.2. The fourth-order valence-electron chi connectivity index (χ4n) is 4.56. The largest absolute Gasteiger partial charge is 0.448 e. The quantitative estimate of drug-likeness (QED) is 0.558. The molecule has 0 saturated carbocycles. The molecule has 0 spiro atoms. The van der Waals surface area contributed by atoms with Crippen molar-refractivity contribution < 1.29 is 19.4 Å². The predicted molar refractivity (Wildman–Crippen MR) is 130 cm³/mol. The third-order valence-corrected chi connectivity index (χ3v) is 6.17. The van der Waals surface area contributed by atoms with E-state index in [1.54, 1.807) is 4.90 Å². The van der Waals surface area contributed by atoms with Gasteiger partial charge < -0.3 is 14.6 Å². The minimum atomic E-state index is -0.713. The van der Waals surface area contributed by atoms with Crippen molar-refractivity contribution >= 4 is 6.09 Å². The summed E-state index contributed by atoms with van der Waals surface area (Å²) >= 11 is 0. The summed E-state index contributed by atoms with van der Waals surface area (Å²) in [7, 11) is 0. The number of ether oxygens (including phenoxy) is 2. The molecule has 6 heteroatoms. The van der Waals surface area contributed by atoms with Crippen LogP contribution in [0.3, 0.4) is 0 Å². The van der Waals surface area contributed by atoms with Crippen molar-refractivity contribution in [3.63, 3.8) is 0 Å². The lowest BCUT2D eigenvalue weighted by molar-refractivity contribution is -0.0555. The molecular weight excluding hydrogens is 416 g/mol. The zero-order chi connectivity index (χ0) is 23.9. The number of hydrogen-bond acceptors (Lipinski definition) is 5. The van der Waals surface area contributed by atoms with Crippen LogP contribution in [-0.4, -0.2) is 58.1 Å². The minimum Gasteiger partial charge on any atom is -0.448 e. The lowest BCUT2D eigenvalue weighted by Crippen LogP contribution is -2.53. The van der Waals surface area contributed by atoms with Crippen molar-refractivity contribution in [2.75, 3.05) is 19.8 Å². The number of rotatable bonds is 10. The monoisotopic (exact) mass is 454 g/mol. The molecular formula is C27H38N2O4. The van der Waals surface area contributed by atoms with Gasteiger partial charge in [-0.25, -0.2) is 4.79 Å². The van der Waals surface area contributed by atoms with Crippen molar-refractivity contribution in [3.8, 4) is 0 Å². The van der Waals surface area contributed by atoms with Crippen molar-refractivity contribution in [1.29, 1.82) is 0 Å². The van der Waals surface area contributed by atoms with E-state index in [0.717, 1.165) is 19.5 Å². The molecule has 2 aromatic carbocycles. The Morgan fingerprint density at radius 3 is 2.03 bits per heavy atom. The van der Waals surface area contributed by atoms with Gasteiger partial charge in [0.05, 0.1) is 12.1 Å². The molecule has 1 heterocycles. The first-order valence-electron chi connectivity index (χ1n) is 11.8. The summed E-state index contributed by atoms with van der Waals surface area (Å²) in [6, 6.07) is 20.6. The molecule has 1 aliphatic rings. The number of hydrogen-bond donors (Lipinski definition) is 1. The molecule has 0 bridgehead atoms. The van der Waals surface area contributed by atoms with Gasteiger partial charge in [0.25, 0.3) is 0 Å². The van der Waals surface area contributed by atoms with Crippen molar-refractivity contribution in [2.45, 2.75) is 70.9 Å². The number of amides is 1. The van der Waals surface area contributed by atoms with Gasteiger partial charge in [0.2, 0.25) is 0 Å². The Kier molecular flexibility index (Phi) is 8.51. The van der Waals surface area contributed by atoms with Gasteiger partial charge in [0.1, 0.15) is 12.3 Å². The lowest BCUT2D eigenvalue weighted by atomic mass is 10.0. The topological polar surface area (TPSA) is 62.2 Å². The second-order valence-corrected chi connectivity index (χ2v) is 9.86. The van der Waals surface area contributed by atoms with Crippen molar-refractivity contribution in [1.82, 2.24) is 9.80 Å². The molecule has 0 aliphatic carbocycles. The number of benzene rings is 2. The fourth-order valence-corrected chi connectivity index (χ4v) is 4.56. The molecule has 1 amide bonds. The molecule has 3 rings (SSSR count). The van der Waals surface area contributed by atoms with Crippen LogP contribution in [0.15, 0.2) is 60.7 Å². The summed E-state index contributed by atoms with van der Waals surface area (Å²) in [5.74, 6) is 0. The van der Waals surface area contributed by atoms with Crippen LogP contribution in [0.25, 0.3) is 0 Å². The summed E-state index contributed by atoms with van der Waals surface area (Å²) in [6.07, 6.45) is 1.01. The normalized spacial score (nSPS) is 17.8. The average Bonchev–Trinajstić information content (AvgIpc) is 3.02. The molecule has 1 aliphatic heterocycles. The Bertz CT molecular complexity index is 813. The van der Waals surface area contributed by atoms with E-state index in [2.05, 4.69) is 29.2 Å². The number of aliphatic hydroxyl groups excluding tert-OH is 1. The van der Waals surface area contributed by atoms with Gasteiger partial charge in [-0.3, -0.25) is 9.80 Å². The third-order valence-electron chi connectivity index (χ3n) is 6.17. The van der Waals surface area contributed by atoms with Crippen LogP contribution in [-0.2, 0) is 22.6 Å². The van der Waals surface area contributed by atoms with Crippen LogP contribution >= 0.6 is 0 Å². The zero-order valence-electron chi connectivity index (χ0n) is 20.4. The van der Waals surface area contributed by atoms with Gasteiger partial charge in [0.15, 0.2) is 0 Å². The third kappa shape index (κ3) is 6.79. The van der Waals surface area contributed by atoms with Crippen LogP contribution in [0, 0.1) is 0 Å². The van der Waals surface area contributed by atoms with Gasteiger partial charge in [-0.1, -0.05) is 60.7 Å². The highest BCUT2D eigenvalue weighted by Gasteiger charge is 2.49. The van der Waals surface area contributed by atoms with Crippen LogP contribution in [0.2, 0.25) is 0 Å². The van der Waals surface area contributed by atoms with E-state index in [1.807, 2.05) is 64.1 Å². The molecule has 0 radical (unpaired) electrons. The second-order valence-electron chi connectivity index (χ2n) is 9.86. The van der Waals surface area contributed by atoms with E-state index in [1.165, 1.54) is 11.1 Å². The Morgan fingerprint density at radius 1 is 1.03 bits per heavy atom. The summed E-state index contributed by atoms with van der Waals surface area (Å²) in [5.41, 5.74) is 1.25. The highest BCUT2D eigenvalue weighted by molar-refractivity contribution is 5.70. The minimum absolute atomic E-state index is 0.0312. The van der Waals surface area contributed by atoms with Crippen molar-refractivity contribution in [2.24, 2.45) is 0 Å². The van der Waals surface area contributed by atoms with Crippen LogP contribution in [0.1, 0.15) is 51.7 Å². The number of nitrogens with zero attached hydrogens (tertiary/aromatic N) is 2. The summed E-state index contributed by atoms with van der Waals surface area (Å²) < 4.78 is 11.7. The number of aliphatic hydroxyl groups is 1. The molecule has 6 nitrogen and oxygen atoms in total. The standard InChI is InChI=1S/C27H38N2O4/c1-26(2)21-33-27(3,4)29(26)25(31)32-20-24(16-11-17-30)28(18-22-12-7-5-8-13-22)19-23-14-9-6-10-15-23/h5-10,12-15,24,30H,11,16-21H2,1-4H3/t24-/m0/s1. The molecule has 1 fully saturated rings. The Balaban J connectivity index is 1.78.